The molecular formula is C17H19Br3O2Si. The number of ether oxygens (including phenoxy) is 1. The molecule has 2 nitrogen and oxygen atoms in total. The van der Waals surface area contributed by atoms with Crippen LogP contribution in [0.1, 0.15) is 18.9 Å². The first-order valence-corrected chi connectivity index (χ1v) is 16.5. The van der Waals surface area contributed by atoms with Crippen molar-refractivity contribution < 1.29 is 9.84 Å². The highest BCUT2D eigenvalue weighted by atomic mass is 80.0. The molecule has 0 fully saturated rings. The van der Waals surface area contributed by atoms with Crippen LogP contribution in [0.4, 0.5) is 0 Å². The monoisotopic (exact) mass is 520 g/mol. The molecule has 0 amide bonds. The predicted molar refractivity (Wildman–Crippen MR) is 110 cm³/mol. The average molecular weight is 523 g/mol. The van der Waals surface area contributed by atoms with Crippen molar-refractivity contribution in [2.75, 3.05) is 6.61 Å². The van der Waals surface area contributed by atoms with Crippen LogP contribution in [-0.4, -0.2) is 15.6 Å². The van der Waals surface area contributed by atoms with Crippen molar-refractivity contribution in [3.05, 3.63) is 48.0 Å². The molecule has 0 aliphatic carbocycles. The minimum atomic E-state index is -1.58. The van der Waals surface area contributed by atoms with E-state index < -0.39 is 3.93 Å². The summed E-state index contributed by atoms with van der Waals surface area (Å²) in [5.41, 5.74) is 3.47. The fourth-order valence-electron chi connectivity index (χ4n) is 2.45. The average Bonchev–Trinajstić information content (AvgIpc) is 2.48. The van der Waals surface area contributed by atoms with Gasteiger partial charge in [-0.1, -0.05) is 64.1 Å². The maximum absolute atomic E-state index is 9.82. The Labute approximate surface area is 162 Å². The molecule has 0 aliphatic rings. The van der Waals surface area contributed by atoms with Crippen LogP contribution in [0.25, 0.3) is 11.1 Å². The molecular weight excluding hydrogens is 504 g/mol. The second-order valence-corrected chi connectivity index (χ2v) is 28.8. The van der Waals surface area contributed by atoms with Gasteiger partial charge in [-0.2, -0.15) is 0 Å². The Morgan fingerprint density at radius 1 is 1.04 bits per heavy atom. The summed E-state index contributed by atoms with van der Waals surface area (Å²) in [6, 6.07) is 14.8. The number of aromatic hydroxyl groups is 1. The maximum atomic E-state index is 9.82. The lowest BCUT2D eigenvalue weighted by Gasteiger charge is -2.13. The molecule has 0 saturated heterocycles. The highest BCUT2D eigenvalue weighted by Crippen LogP contribution is 2.35. The molecule has 0 spiro atoms. The molecule has 124 valence electrons. The summed E-state index contributed by atoms with van der Waals surface area (Å²) in [5.74, 6) is 1.19. The van der Waals surface area contributed by atoms with Crippen molar-refractivity contribution in [1.82, 2.24) is 0 Å². The lowest BCUT2D eigenvalue weighted by molar-refractivity contribution is 0.340. The molecule has 2 aromatic rings. The number of hydrogen-bond donors (Lipinski definition) is 1. The molecule has 23 heavy (non-hydrogen) atoms. The Morgan fingerprint density at radius 3 is 2.35 bits per heavy atom. The summed E-state index contributed by atoms with van der Waals surface area (Å²) >= 11 is 11.0. The fourth-order valence-corrected chi connectivity index (χ4v) is 5.55. The number of benzene rings is 2. The zero-order valence-electron chi connectivity index (χ0n) is 12.9. The molecule has 6 heteroatoms. The minimum absolute atomic E-state index is 0.315. The SMILES string of the molecule is CCOc1ccc(-c2ccc(O)cc2CCC[Si](Br)(Br)Br)cc1. The highest BCUT2D eigenvalue weighted by Gasteiger charge is 2.21. The lowest BCUT2D eigenvalue weighted by atomic mass is 9.96. The molecule has 2 aromatic carbocycles. The third-order valence-electron chi connectivity index (χ3n) is 3.47. The number of hydrogen-bond acceptors (Lipinski definition) is 2. The molecule has 0 aliphatic heterocycles. The molecule has 0 heterocycles. The van der Waals surface area contributed by atoms with Gasteiger partial charge in [0.2, 0.25) is 0 Å². The summed E-state index contributed by atoms with van der Waals surface area (Å²) < 4.78 is 3.92. The van der Waals surface area contributed by atoms with Crippen molar-refractivity contribution in [3.63, 3.8) is 0 Å². The summed E-state index contributed by atoms with van der Waals surface area (Å²) in [6.07, 6.45) is 1.97. The van der Waals surface area contributed by atoms with E-state index in [-0.39, 0.29) is 0 Å². The lowest BCUT2D eigenvalue weighted by Crippen LogP contribution is -2.06. The first kappa shape index (κ1) is 19.0. The molecule has 0 saturated carbocycles. The van der Waals surface area contributed by atoms with Gasteiger partial charge in [-0.15, -0.1) is 0 Å². The van der Waals surface area contributed by atoms with Crippen molar-refractivity contribution in [1.29, 1.82) is 0 Å². The highest BCUT2D eigenvalue weighted by molar-refractivity contribution is 9.72. The van der Waals surface area contributed by atoms with Gasteiger partial charge in [0.25, 0.3) is 3.93 Å². The Kier molecular flexibility index (Phi) is 7.19. The number of phenols is 1. The van der Waals surface area contributed by atoms with Crippen LogP contribution >= 0.6 is 45.9 Å². The number of aryl methyl sites for hydroxylation is 1. The van der Waals surface area contributed by atoms with Crippen LogP contribution in [0.15, 0.2) is 42.5 Å². The molecule has 0 unspecified atom stereocenters. The van der Waals surface area contributed by atoms with Gasteiger partial charge in [-0.3, -0.25) is 0 Å². The fraction of sp³-hybridized carbons (Fsp3) is 0.294. The topological polar surface area (TPSA) is 29.5 Å². The predicted octanol–water partition coefficient (Wildman–Crippen LogP) is 6.51. The molecule has 0 radical (unpaired) electrons. The summed E-state index contributed by atoms with van der Waals surface area (Å²) in [7, 11) is 0. The van der Waals surface area contributed by atoms with Crippen LogP contribution in [0.2, 0.25) is 6.04 Å². The van der Waals surface area contributed by atoms with Gasteiger partial charge < -0.3 is 9.84 Å². The molecule has 2 rings (SSSR count). The van der Waals surface area contributed by atoms with E-state index in [1.807, 2.05) is 31.2 Å². The van der Waals surface area contributed by atoms with Gasteiger partial charge in [-0.05, 0) is 66.8 Å². The van der Waals surface area contributed by atoms with Gasteiger partial charge in [-0.25, -0.2) is 0 Å². The van der Waals surface area contributed by atoms with Crippen molar-refractivity contribution in [2.45, 2.75) is 25.8 Å². The van der Waals surface area contributed by atoms with Gasteiger partial charge in [0, 0.05) is 0 Å². The zero-order valence-corrected chi connectivity index (χ0v) is 18.6. The Morgan fingerprint density at radius 2 is 1.74 bits per heavy atom. The minimum Gasteiger partial charge on any atom is -0.508 e. The van der Waals surface area contributed by atoms with E-state index in [1.54, 1.807) is 6.07 Å². The second-order valence-electron chi connectivity index (χ2n) is 5.27. The Hall–Kier alpha value is -0.303. The largest absolute Gasteiger partial charge is 0.508 e. The van der Waals surface area contributed by atoms with Gasteiger partial charge in [0.05, 0.1) is 6.61 Å². The van der Waals surface area contributed by atoms with E-state index in [0.29, 0.717) is 12.4 Å². The number of rotatable bonds is 7. The second kappa shape index (κ2) is 8.69. The normalized spacial score (nSPS) is 11.5. The number of halogens is 3. The van der Waals surface area contributed by atoms with Gasteiger partial charge in [0.1, 0.15) is 11.5 Å². The zero-order chi connectivity index (χ0) is 16.9. The van der Waals surface area contributed by atoms with E-state index in [1.165, 1.54) is 5.56 Å². The third kappa shape index (κ3) is 6.25. The van der Waals surface area contributed by atoms with Crippen LogP contribution in [-0.2, 0) is 6.42 Å². The quantitative estimate of drug-likeness (QED) is 0.331. The van der Waals surface area contributed by atoms with Crippen molar-refractivity contribution >= 4 is 49.8 Å². The summed E-state index contributed by atoms with van der Waals surface area (Å²) in [6.45, 7) is 2.65. The van der Waals surface area contributed by atoms with Crippen LogP contribution < -0.4 is 4.74 Å². The van der Waals surface area contributed by atoms with Crippen molar-refractivity contribution in [2.24, 2.45) is 0 Å². The Bertz CT molecular complexity index is 639. The molecule has 1 N–H and O–H groups in total. The van der Waals surface area contributed by atoms with E-state index in [0.717, 1.165) is 35.8 Å². The van der Waals surface area contributed by atoms with E-state index in [2.05, 4.69) is 58.0 Å². The Balaban J connectivity index is 2.20. The summed E-state index contributed by atoms with van der Waals surface area (Å²) in [5, 5.41) is 9.82. The molecule has 0 aromatic heterocycles. The van der Waals surface area contributed by atoms with E-state index in [9.17, 15) is 5.11 Å². The third-order valence-corrected chi connectivity index (χ3v) is 7.96. The van der Waals surface area contributed by atoms with Crippen LogP contribution in [0, 0.1) is 0 Å². The standard InChI is InChI=1S/C17H19Br3O2Si/c1-2-22-16-8-5-13(6-9-16)17-10-7-15(21)12-14(17)4-3-11-23(18,19)20/h5-10,12,21H,2-4,11H2,1H3. The van der Waals surface area contributed by atoms with Crippen molar-refractivity contribution in [3.8, 4) is 22.6 Å². The molecule has 0 atom stereocenters. The maximum Gasteiger partial charge on any atom is 0.267 e. The van der Waals surface area contributed by atoms with Gasteiger partial charge >= 0.3 is 0 Å². The van der Waals surface area contributed by atoms with E-state index >= 15 is 0 Å². The van der Waals surface area contributed by atoms with Gasteiger partial charge in [0.15, 0.2) is 0 Å². The number of phenolic OH excluding ortho intramolecular Hbond substituents is 1. The molecule has 0 bridgehead atoms. The van der Waals surface area contributed by atoms with Crippen LogP contribution in [0.3, 0.4) is 0 Å². The van der Waals surface area contributed by atoms with E-state index in [4.69, 9.17) is 4.74 Å². The first-order valence-electron chi connectivity index (χ1n) is 7.51. The summed E-state index contributed by atoms with van der Waals surface area (Å²) in [4.78, 5) is 0. The smallest absolute Gasteiger partial charge is 0.267 e. The first-order chi connectivity index (χ1) is 10.9. The van der Waals surface area contributed by atoms with Crippen LogP contribution in [0.5, 0.6) is 11.5 Å².